The van der Waals surface area contributed by atoms with E-state index in [0.717, 1.165) is 5.56 Å². The van der Waals surface area contributed by atoms with Crippen molar-refractivity contribution in [3.05, 3.63) is 72.1 Å². The van der Waals surface area contributed by atoms with E-state index in [1.54, 1.807) is 18.3 Å². The Morgan fingerprint density at radius 2 is 1.82 bits per heavy atom. The van der Waals surface area contributed by atoms with E-state index in [4.69, 9.17) is 5.73 Å². The standard InChI is InChI=1S/C22H24N4O2/c1-3-14(2)22(28)26-21-19(20(27)16-7-5-4-6-8-16)25-18(13-24-21)15-9-11-17(23)12-10-15/h4-14,20,27H,3,23H2,1-2H3,(H,24,26,28). The number of aromatic nitrogens is 2. The fourth-order valence-corrected chi connectivity index (χ4v) is 2.70. The molecule has 0 saturated heterocycles. The van der Waals surface area contributed by atoms with Gasteiger partial charge in [-0.25, -0.2) is 9.97 Å². The lowest BCUT2D eigenvalue weighted by Gasteiger charge is -2.17. The van der Waals surface area contributed by atoms with Crippen molar-refractivity contribution in [2.24, 2.45) is 5.92 Å². The molecule has 2 unspecified atom stereocenters. The number of benzene rings is 2. The van der Waals surface area contributed by atoms with Crippen molar-refractivity contribution in [1.82, 2.24) is 9.97 Å². The van der Waals surface area contributed by atoms with Crippen molar-refractivity contribution in [3.63, 3.8) is 0 Å². The van der Waals surface area contributed by atoms with Gasteiger partial charge in [-0.15, -0.1) is 0 Å². The van der Waals surface area contributed by atoms with E-state index in [1.165, 1.54) is 0 Å². The first-order chi connectivity index (χ1) is 13.5. The van der Waals surface area contributed by atoms with Crippen molar-refractivity contribution in [2.75, 3.05) is 11.1 Å². The number of rotatable bonds is 6. The van der Waals surface area contributed by atoms with E-state index in [1.807, 2.05) is 56.3 Å². The third-order valence-electron chi connectivity index (χ3n) is 4.68. The molecule has 0 saturated carbocycles. The highest BCUT2D eigenvalue weighted by Crippen LogP contribution is 2.28. The molecule has 0 radical (unpaired) electrons. The molecule has 0 aliphatic rings. The van der Waals surface area contributed by atoms with E-state index in [9.17, 15) is 9.90 Å². The van der Waals surface area contributed by atoms with Gasteiger partial charge in [-0.05, 0) is 24.1 Å². The lowest BCUT2D eigenvalue weighted by atomic mass is 10.0. The Balaban J connectivity index is 2.03. The van der Waals surface area contributed by atoms with E-state index >= 15 is 0 Å². The molecule has 0 aliphatic carbocycles. The Labute approximate surface area is 164 Å². The number of aliphatic hydroxyl groups is 1. The maximum Gasteiger partial charge on any atom is 0.228 e. The van der Waals surface area contributed by atoms with Crippen LogP contribution in [0.15, 0.2) is 60.8 Å². The smallest absolute Gasteiger partial charge is 0.228 e. The van der Waals surface area contributed by atoms with Crippen molar-refractivity contribution >= 4 is 17.4 Å². The molecule has 0 fully saturated rings. The fourth-order valence-electron chi connectivity index (χ4n) is 2.70. The lowest BCUT2D eigenvalue weighted by Crippen LogP contribution is -2.22. The molecule has 1 heterocycles. The summed E-state index contributed by atoms with van der Waals surface area (Å²) in [6.07, 6.45) is 1.27. The van der Waals surface area contributed by atoms with Gasteiger partial charge in [-0.2, -0.15) is 0 Å². The maximum absolute atomic E-state index is 12.4. The summed E-state index contributed by atoms with van der Waals surface area (Å²) in [5, 5.41) is 13.7. The average molecular weight is 376 g/mol. The largest absolute Gasteiger partial charge is 0.399 e. The molecule has 2 atom stereocenters. The predicted octanol–water partition coefficient (Wildman–Crippen LogP) is 3.79. The number of anilines is 2. The Morgan fingerprint density at radius 3 is 2.46 bits per heavy atom. The first-order valence-electron chi connectivity index (χ1n) is 9.26. The van der Waals surface area contributed by atoms with Crippen molar-refractivity contribution in [1.29, 1.82) is 0 Å². The molecule has 0 bridgehead atoms. The summed E-state index contributed by atoms with van der Waals surface area (Å²) in [5.74, 6) is -0.0558. The zero-order chi connectivity index (χ0) is 20.1. The summed E-state index contributed by atoms with van der Waals surface area (Å²) in [6, 6.07) is 16.4. The van der Waals surface area contributed by atoms with Crippen LogP contribution < -0.4 is 11.1 Å². The van der Waals surface area contributed by atoms with Gasteiger partial charge in [0, 0.05) is 17.2 Å². The highest BCUT2D eigenvalue weighted by molar-refractivity contribution is 5.92. The zero-order valence-electron chi connectivity index (χ0n) is 16.0. The van der Waals surface area contributed by atoms with Gasteiger partial charge in [0.2, 0.25) is 5.91 Å². The Morgan fingerprint density at radius 1 is 1.14 bits per heavy atom. The van der Waals surface area contributed by atoms with Crippen molar-refractivity contribution < 1.29 is 9.90 Å². The Bertz CT molecular complexity index is 943. The van der Waals surface area contributed by atoms with Gasteiger partial charge in [0.15, 0.2) is 5.82 Å². The molecule has 0 aliphatic heterocycles. The van der Waals surface area contributed by atoms with Gasteiger partial charge in [0.25, 0.3) is 0 Å². The molecule has 28 heavy (non-hydrogen) atoms. The van der Waals surface area contributed by atoms with E-state index in [0.29, 0.717) is 29.1 Å². The van der Waals surface area contributed by atoms with Crippen LogP contribution in [0.3, 0.4) is 0 Å². The lowest BCUT2D eigenvalue weighted by molar-refractivity contribution is -0.119. The van der Waals surface area contributed by atoms with Gasteiger partial charge in [0.1, 0.15) is 11.8 Å². The van der Waals surface area contributed by atoms with Crippen LogP contribution in [0, 0.1) is 5.92 Å². The van der Waals surface area contributed by atoms with Gasteiger partial charge in [-0.3, -0.25) is 4.79 Å². The minimum absolute atomic E-state index is 0.154. The molecular weight excluding hydrogens is 352 g/mol. The summed E-state index contributed by atoms with van der Waals surface area (Å²) in [4.78, 5) is 21.4. The number of nitrogens with two attached hydrogens (primary N) is 1. The summed E-state index contributed by atoms with van der Waals surface area (Å²) < 4.78 is 0. The quantitative estimate of drug-likeness (QED) is 0.568. The van der Waals surface area contributed by atoms with E-state index in [2.05, 4.69) is 15.3 Å². The Kier molecular flexibility index (Phi) is 6.01. The SMILES string of the molecule is CCC(C)C(=O)Nc1ncc(-c2ccc(N)cc2)nc1C(O)c1ccccc1. The first-order valence-corrected chi connectivity index (χ1v) is 9.26. The molecule has 6 heteroatoms. The number of hydrogen-bond donors (Lipinski definition) is 3. The molecule has 144 valence electrons. The third-order valence-corrected chi connectivity index (χ3v) is 4.68. The molecule has 4 N–H and O–H groups in total. The monoisotopic (exact) mass is 376 g/mol. The van der Waals surface area contributed by atoms with Crippen LogP contribution >= 0.6 is 0 Å². The summed E-state index contributed by atoms with van der Waals surface area (Å²) >= 11 is 0. The first kappa shape index (κ1) is 19.5. The molecule has 3 rings (SSSR count). The summed E-state index contributed by atoms with van der Waals surface area (Å²) in [6.45, 7) is 3.79. The average Bonchev–Trinajstić information content (AvgIpc) is 2.74. The van der Waals surface area contributed by atoms with Crippen LogP contribution in [-0.4, -0.2) is 21.0 Å². The van der Waals surface area contributed by atoms with Crippen molar-refractivity contribution in [3.8, 4) is 11.3 Å². The molecule has 3 aromatic rings. The summed E-state index contributed by atoms with van der Waals surface area (Å²) in [5.41, 5.74) is 8.79. The van der Waals surface area contributed by atoms with Crippen LogP contribution in [0.1, 0.15) is 37.6 Å². The minimum atomic E-state index is -1.02. The maximum atomic E-state index is 12.4. The van der Waals surface area contributed by atoms with Gasteiger partial charge >= 0.3 is 0 Å². The van der Waals surface area contributed by atoms with Crippen LogP contribution in [0.2, 0.25) is 0 Å². The number of carbonyl (C=O) groups is 1. The normalized spacial score (nSPS) is 13.0. The number of aliphatic hydroxyl groups excluding tert-OH is 1. The molecule has 6 nitrogen and oxygen atoms in total. The van der Waals surface area contributed by atoms with Crippen LogP contribution in [-0.2, 0) is 4.79 Å². The zero-order valence-corrected chi connectivity index (χ0v) is 16.0. The van der Waals surface area contributed by atoms with Crippen LogP contribution in [0.25, 0.3) is 11.3 Å². The number of nitrogen functional groups attached to an aromatic ring is 1. The molecule has 0 spiro atoms. The topological polar surface area (TPSA) is 101 Å². The Hall–Kier alpha value is -3.25. The van der Waals surface area contributed by atoms with E-state index < -0.39 is 6.10 Å². The highest BCUT2D eigenvalue weighted by atomic mass is 16.3. The van der Waals surface area contributed by atoms with Crippen molar-refractivity contribution in [2.45, 2.75) is 26.4 Å². The molecule has 1 amide bonds. The highest BCUT2D eigenvalue weighted by Gasteiger charge is 2.21. The molecule has 1 aromatic heterocycles. The number of nitrogens with zero attached hydrogens (tertiary/aromatic N) is 2. The number of hydrogen-bond acceptors (Lipinski definition) is 5. The number of carbonyl (C=O) groups excluding carboxylic acids is 1. The fraction of sp³-hybridized carbons (Fsp3) is 0.227. The number of amides is 1. The molecular formula is C22H24N4O2. The minimum Gasteiger partial charge on any atom is -0.399 e. The predicted molar refractivity (Wildman–Crippen MR) is 110 cm³/mol. The molecule has 2 aromatic carbocycles. The third kappa shape index (κ3) is 4.35. The second-order valence-corrected chi connectivity index (χ2v) is 6.72. The summed E-state index contributed by atoms with van der Waals surface area (Å²) in [7, 11) is 0. The van der Waals surface area contributed by atoms with Gasteiger partial charge in [-0.1, -0.05) is 56.3 Å². The van der Waals surface area contributed by atoms with Crippen LogP contribution in [0.4, 0.5) is 11.5 Å². The van der Waals surface area contributed by atoms with Gasteiger partial charge in [0.05, 0.1) is 11.9 Å². The van der Waals surface area contributed by atoms with Crippen LogP contribution in [0.5, 0.6) is 0 Å². The van der Waals surface area contributed by atoms with Gasteiger partial charge < -0.3 is 16.2 Å². The second kappa shape index (κ2) is 8.63. The second-order valence-electron chi connectivity index (χ2n) is 6.72. The van der Waals surface area contributed by atoms with E-state index in [-0.39, 0.29) is 17.6 Å². The number of nitrogens with one attached hydrogen (secondary N) is 1.